The number of anilines is 1. The molecule has 2 N–H and O–H groups in total. The number of rotatable bonds is 5. The van der Waals surface area contributed by atoms with Crippen LogP contribution in [0.15, 0.2) is 15.0 Å². The van der Waals surface area contributed by atoms with Crippen LogP contribution >= 0.6 is 44.3 Å². The normalized spacial score (nSPS) is 20.0. The molecule has 26 heavy (non-hydrogen) atoms. The lowest BCUT2D eigenvalue weighted by Gasteiger charge is -2.24. The van der Waals surface area contributed by atoms with E-state index in [4.69, 9.17) is 0 Å². The van der Waals surface area contributed by atoms with Crippen molar-refractivity contribution in [3.05, 3.63) is 25.1 Å². The lowest BCUT2D eigenvalue weighted by Crippen LogP contribution is -2.39. The van der Waals surface area contributed by atoms with Gasteiger partial charge in [0.05, 0.1) is 10.4 Å². The van der Waals surface area contributed by atoms with Crippen molar-refractivity contribution in [2.45, 2.75) is 38.3 Å². The summed E-state index contributed by atoms with van der Waals surface area (Å²) in [5.41, 5.74) is 1.26. The van der Waals surface area contributed by atoms with Crippen LogP contribution < -0.4 is 10.6 Å². The summed E-state index contributed by atoms with van der Waals surface area (Å²) in [6.07, 6.45) is 4.63. The maximum atomic E-state index is 11.6. The Bertz CT molecular complexity index is 834. The molecule has 2 aromatic rings. The van der Waals surface area contributed by atoms with Crippen molar-refractivity contribution < 1.29 is 4.92 Å². The highest BCUT2D eigenvalue weighted by atomic mass is 79.9. The van der Waals surface area contributed by atoms with E-state index in [2.05, 4.69) is 52.0 Å². The first-order chi connectivity index (χ1) is 12.0. The van der Waals surface area contributed by atoms with E-state index in [1.807, 2.05) is 6.07 Å². The van der Waals surface area contributed by atoms with Crippen LogP contribution in [0.5, 0.6) is 0 Å². The third-order valence-electron chi connectivity index (χ3n) is 4.86. The van der Waals surface area contributed by atoms with Gasteiger partial charge < -0.3 is 15.2 Å². The molecular formula is C16H20Br2ClN5O2. The molecule has 1 saturated carbocycles. The summed E-state index contributed by atoms with van der Waals surface area (Å²) < 4.78 is 3.23. The maximum absolute atomic E-state index is 11.6. The molecule has 2 aliphatic rings. The Balaban J connectivity index is 0.00000196. The van der Waals surface area contributed by atoms with Gasteiger partial charge in [0.15, 0.2) is 5.52 Å². The molecule has 1 atom stereocenters. The molecular weight excluding hydrogens is 489 g/mol. The fraction of sp³-hybridized carbons (Fsp3) is 0.562. The van der Waals surface area contributed by atoms with E-state index in [1.54, 1.807) is 0 Å². The zero-order chi connectivity index (χ0) is 17.6. The standard InChI is InChI=1S/C16H19Br2N5O2.ClH/c17-11-6-12-14(15(13(11)18)23(24)25)21-16(22(12)8-9-3-4-9)20-10-2-1-5-19-7-10;/h6,9-10,19H,1-5,7-8H2,(H,20,21);1H/t10-;/m1./s1. The summed E-state index contributed by atoms with van der Waals surface area (Å²) in [4.78, 5) is 15.9. The number of piperidine rings is 1. The number of nitrogens with one attached hydrogen (secondary N) is 2. The number of halogens is 3. The van der Waals surface area contributed by atoms with E-state index >= 15 is 0 Å². The first-order valence-electron chi connectivity index (χ1n) is 8.54. The van der Waals surface area contributed by atoms with Crippen LogP contribution in [-0.4, -0.2) is 33.6 Å². The minimum Gasteiger partial charge on any atom is -0.352 e. The number of imidazole rings is 1. The lowest BCUT2D eigenvalue weighted by molar-refractivity contribution is -0.384. The van der Waals surface area contributed by atoms with Crippen molar-refractivity contribution in [2.24, 2.45) is 5.92 Å². The van der Waals surface area contributed by atoms with Crippen LogP contribution in [0.1, 0.15) is 25.7 Å². The van der Waals surface area contributed by atoms with Crippen molar-refractivity contribution in [3.63, 3.8) is 0 Å². The molecule has 10 heteroatoms. The van der Waals surface area contributed by atoms with E-state index in [0.717, 1.165) is 43.9 Å². The van der Waals surface area contributed by atoms with E-state index in [0.29, 0.717) is 26.4 Å². The van der Waals surface area contributed by atoms with Crippen LogP contribution in [0.2, 0.25) is 0 Å². The number of aromatic nitrogens is 2. The highest BCUT2D eigenvalue weighted by Crippen LogP contribution is 2.41. The molecule has 0 unspecified atom stereocenters. The quantitative estimate of drug-likeness (QED) is 0.459. The summed E-state index contributed by atoms with van der Waals surface area (Å²) in [6, 6.07) is 2.22. The smallest absolute Gasteiger partial charge is 0.312 e. The number of nitro benzene ring substituents is 1. The van der Waals surface area contributed by atoms with Crippen molar-refractivity contribution in [1.82, 2.24) is 14.9 Å². The second kappa shape index (κ2) is 8.00. The summed E-state index contributed by atoms with van der Waals surface area (Å²) in [6.45, 7) is 2.79. The Morgan fingerprint density at radius 3 is 2.77 bits per heavy atom. The average molecular weight is 510 g/mol. The summed E-state index contributed by atoms with van der Waals surface area (Å²) >= 11 is 6.77. The van der Waals surface area contributed by atoms with Crippen LogP contribution in [0.25, 0.3) is 11.0 Å². The Hall–Kier alpha value is -0.900. The minimum atomic E-state index is -0.364. The van der Waals surface area contributed by atoms with E-state index in [-0.39, 0.29) is 23.0 Å². The second-order valence-corrected chi connectivity index (χ2v) is 8.47. The largest absolute Gasteiger partial charge is 0.352 e. The molecule has 1 aromatic carbocycles. The molecule has 1 saturated heterocycles. The Kier molecular flexibility index (Phi) is 6.11. The molecule has 142 valence electrons. The van der Waals surface area contributed by atoms with E-state index < -0.39 is 0 Å². The number of benzene rings is 1. The number of nitrogens with zero attached hydrogens (tertiary/aromatic N) is 3. The first kappa shape index (κ1) is 19.9. The van der Waals surface area contributed by atoms with Crippen molar-refractivity contribution in [2.75, 3.05) is 18.4 Å². The molecule has 1 aromatic heterocycles. The van der Waals surface area contributed by atoms with Gasteiger partial charge in [-0.05, 0) is 76.1 Å². The van der Waals surface area contributed by atoms with Crippen LogP contribution in [-0.2, 0) is 6.54 Å². The Morgan fingerprint density at radius 2 is 2.15 bits per heavy atom. The van der Waals surface area contributed by atoms with Gasteiger partial charge in [-0.3, -0.25) is 10.1 Å². The number of fused-ring (bicyclic) bond motifs is 1. The second-order valence-electron chi connectivity index (χ2n) is 6.82. The third kappa shape index (κ3) is 3.85. The summed E-state index contributed by atoms with van der Waals surface area (Å²) in [5.74, 6) is 1.38. The van der Waals surface area contributed by atoms with Gasteiger partial charge in [-0.25, -0.2) is 4.98 Å². The summed E-state index contributed by atoms with van der Waals surface area (Å²) in [5, 5.41) is 18.5. The zero-order valence-corrected chi connectivity index (χ0v) is 18.0. The number of hydrogen-bond donors (Lipinski definition) is 2. The SMILES string of the molecule is Cl.O=[N+]([O-])c1c(Br)c(Br)cc2c1nc(N[C@@H]1CCCNC1)n2CC1CC1. The van der Waals surface area contributed by atoms with Crippen LogP contribution in [0.3, 0.4) is 0 Å². The molecule has 0 bridgehead atoms. The molecule has 4 rings (SSSR count). The fourth-order valence-electron chi connectivity index (χ4n) is 3.36. The van der Waals surface area contributed by atoms with Gasteiger partial charge in [-0.2, -0.15) is 0 Å². The molecule has 1 aliphatic heterocycles. The van der Waals surface area contributed by atoms with Gasteiger partial charge in [0.25, 0.3) is 0 Å². The summed E-state index contributed by atoms with van der Waals surface area (Å²) in [7, 11) is 0. The van der Waals surface area contributed by atoms with Crippen molar-refractivity contribution in [3.8, 4) is 0 Å². The van der Waals surface area contributed by atoms with Crippen LogP contribution in [0.4, 0.5) is 11.6 Å². The van der Waals surface area contributed by atoms with Gasteiger partial charge in [0, 0.05) is 23.6 Å². The predicted octanol–water partition coefficient (Wildman–Crippen LogP) is 4.47. The number of nitro groups is 1. The third-order valence-corrected chi connectivity index (χ3v) is 6.82. The van der Waals surface area contributed by atoms with Crippen molar-refractivity contribution in [1.29, 1.82) is 0 Å². The highest BCUT2D eigenvalue weighted by molar-refractivity contribution is 9.13. The molecule has 0 amide bonds. The molecule has 0 radical (unpaired) electrons. The Labute approximate surface area is 174 Å². The fourth-order valence-corrected chi connectivity index (χ4v) is 4.22. The van der Waals surface area contributed by atoms with Crippen LogP contribution in [0, 0.1) is 16.0 Å². The maximum Gasteiger partial charge on any atom is 0.312 e. The lowest BCUT2D eigenvalue weighted by atomic mass is 10.1. The van der Waals surface area contributed by atoms with Gasteiger partial charge in [-0.15, -0.1) is 12.4 Å². The first-order valence-corrected chi connectivity index (χ1v) is 10.1. The van der Waals surface area contributed by atoms with E-state index in [1.165, 1.54) is 12.8 Å². The highest BCUT2D eigenvalue weighted by Gasteiger charge is 2.30. The van der Waals surface area contributed by atoms with E-state index in [9.17, 15) is 10.1 Å². The van der Waals surface area contributed by atoms with Gasteiger partial charge in [-0.1, -0.05) is 0 Å². The van der Waals surface area contributed by atoms with Gasteiger partial charge >= 0.3 is 5.69 Å². The molecule has 2 heterocycles. The average Bonchev–Trinajstić information content (AvgIpc) is 3.34. The molecule has 1 aliphatic carbocycles. The van der Waals surface area contributed by atoms with Crippen molar-refractivity contribution >= 4 is 66.9 Å². The predicted molar refractivity (Wildman–Crippen MR) is 111 cm³/mol. The molecule has 0 spiro atoms. The Morgan fingerprint density at radius 1 is 1.38 bits per heavy atom. The number of hydrogen-bond acceptors (Lipinski definition) is 5. The van der Waals surface area contributed by atoms with Gasteiger partial charge in [0.1, 0.15) is 4.47 Å². The molecule has 2 fully saturated rings. The minimum absolute atomic E-state index is 0. The van der Waals surface area contributed by atoms with Gasteiger partial charge in [0.2, 0.25) is 5.95 Å². The monoisotopic (exact) mass is 507 g/mol. The zero-order valence-electron chi connectivity index (χ0n) is 14.0. The molecule has 7 nitrogen and oxygen atoms in total. The topological polar surface area (TPSA) is 85.0 Å².